The molecule has 1 amide bonds. The third kappa shape index (κ3) is 4.09. The number of hydrogen-bond acceptors (Lipinski definition) is 5. The van der Waals surface area contributed by atoms with E-state index in [2.05, 4.69) is 41.2 Å². The van der Waals surface area contributed by atoms with Crippen molar-refractivity contribution >= 4 is 5.91 Å². The Morgan fingerprint density at radius 1 is 1.13 bits per heavy atom. The number of carbonyl (C=O) groups is 1. The lowest BCUT2D eigenvalue weighted by Crippen LogP contribution is -2.53. The van der Waals surface area contributed by atoms with Crippen molar-refractivity contribution in [1.29, 1.82) is 0 Å². The lowest BCUT2D eigenvalue weighted by molar-refractivity contribution is -0.135. The van der Waals surface area contributed by atoms with Crippen LogP contribution in [0, 0.1) is 6.92 Å². The van der Waals surface area contributed by atoms with Crippen molar-refractivity contribution in [1.82, 2.24) is 24.3 Å². The molecule has 0 aliphatic carbocycles. The van der Waals surface area contributed by atoms with Crippen LogP contribution in [0.2, 0.25) is 0 Å². The van der Waals surface area contributed by atoms with E-state index in [1.54, 1.807) is 7.11 Å². The first kappa shape index (κ1) is 20.9. The number of aromatic nitrogens is 2. The highest BCUT2D eigenvalue weighted by molar-refractivity contribution is 5.78. The van der Waals surface area contributed by atoms with E-state index in [0.717, 1.165) is 67.7 Å². The molecule has 3 heterocycles. The lowest BCUT2D eigenvalue weighted by Gasteiger charge is -2.38. The summed E-state index contributed by atoms with van der Waals surface area (Å²) < 4.78 is 7.84. The van der Waals surface area contributed by atoms with E-state index in [-0.39, 0.29) is 5.91 Å². The van der Waals surface area contributed by atoms with Gasteiger partial charge in [0.1, 0.15) is 11.6 Å². The van der Waals surface area contributed by atoms with Crippen LogP contribution in [0.1, 0.15) is 25.4 Å². The normalized spacial score (nSPS) is 18.0. The third-order valence-electron chi connectivity index (χ3n) is 6.33. The van der Waals surface area contributed by atoms with Gasteiger partial charge in [0.2, 0.25) is 5.91 Å². The first-order chi connectivity index (χ1) is 14.5. The van der Waals surface area contributed by atoms with E-state index in [1.807, 2.05) is 23.1 Å². The van der Waals surface area contributed by atoms with Gasteiger partial charge in [-0.05, 0) is 32.9 Å². The Morgan fingerprint density at radius 3 is 2.57 bits per heavy atom. The van der Waals surface area contributed by atoms with Crippen molar-refractivity contribution < 1.29 is 9.53 Å². The summed E-state index contributed by atoms with van der Waals surface area (Å²) in [6, 6.07) is 8.61. The molecule has 0 unspecified atom stereocenters. The maximum Gasteiger partial charge on any atom is 0.236 e. The first-order valence-electron chi connectivity index (χ1n) is 10.9. The van der Waals surface area contributed by atoms with Crippen LogP contribution in [0.3, 0.4) is 0 Å². The molecule has 2 aliphatic heterocycles. The molecule has 0 atom stereocenters. The second-order valence-corrected chi connectivity index (χ2v) is 8.54. The fraction of sp³-hybridized carbons (Fsp3) is 0.565. The van der Waals surface area contributed by atoms with E-state index in [0.29, 0.717) is 19.3 Å². The molecule has 7 nitrogen and oxygen atoms in total. The van der Waals surface area contributed by atoms with E-state index < -0.39 is 0 Å². The average molecular weight is 412 g/mol. The minimum absolute atomic E-state index is 0.234. The second-order valence-electron chi connectivity index (χ2n) is 8.54. The zero-order valence-electron chi connectivity index (χ0n) is 18.6. The smallest absolute Gasteiger partial charge is 0.236 e. The number of methoxy groups -OCH3 is 1. The van der Waals surface area contributed by atoms with Crippen LogP contribution in [-0.4, -0.2) is 82.6 Å². The highest BCUT2D eigenvalue weighted by Crippen LogP contribution is 2.34. The van der Waals surface area contributed by atoms with Crippen LogP contribution in [0.25, 0.3) is 11.3 Å². The van der Waals surface area contributed by atoms with Crippen LogP contribution in [-0.2, 0) is 17.9 Å². The van der Waals surface area contributed by atoms with Crippen LogP contribution >= 0.6 is 0 Å². The topological polar surface area (TPSA) is 53.8 Å². The Hall–Kier alpha value is -2.38. The number of benzene rings is 1. The second kappa shape index (κ2) is 8.78. The third-order valence-corrected chi connectivity index (χ3v) is 6.33. The number of ether oxygens (including phenoxy) is 1. The number of piperazine rings is 1. The SMILES string of the molecule is COc1ccccc1-c1c(C)nc2n1CN(CC(=O)N1CCN(C(C)C)CC1)CC2. The predicted molar refractivity (Wildman–Crippen MR) is 118 cm³/mol. The Morgan fingerprint density at radius 2 is 1.87 bits per heavy atom. The molecular formula is C23H33N5O2. The molecular weight excluding hydrogens is 378 g/mol. The Bertz CT molecular complexity index is 899. The number of aryl methyl sites for hydroxylation is 1. The summed E-state index contributed by atoms with van der Waals surface area (Å²) in [4.78, 5) is 24.4. The van der Waals surface area contributed by atoms with Gasteiger partial charge >= 0.3 is 0 Å². The zero-order chi connectivity index (χ0) is 21.3. The molecule has 0 radical (unpaired) electrons. The summed E-state index contributed by atoms with van der Waals surface area (Å²) in [6.07, 6.45) is 0.852. The molecule has 7 heteroatoms. The van der Waals surface area contributed by atoms with Gasteiger partial charge in [-0.15, -0.1) is 0 Å². The van der Waals surface area contributed by atoms with E-state index >= 15 is 0 Å². The molecule has 2 aliphatic rings. The molecule has 0 spiro atoms. The zero-order valence-corrected chi connectivity index (χ0v) is 18.6. The number of imidazole rings is 1. The van der Waals surface area contributed by atoms with Gasteiger partial charge in [0, 0.05) is 50.7 Å². The first-order valence-corrected chi connectivity index (χ1v) is 10.9. The van der Waals surface area contributed by atoms with Gasteiger partial charge in [-0.3, -0.25) is 14.6 Å². The largest absolute Gasteiger partial charge is 0.496 e. The van der Waals surface area contributed by atoms with Gasteiger partial charge in [0.05, 0.1) is 31.7 Å². The fourth-order valence-corrected chi connectivity index (χ4v) is 4.59. The van der Waals surface area contributed by atoms with Gasteiger partial charge in [-0.1, -0.05) is 12.1 Å². The monoisotopic (exact) mass is 411 g/mol. The van der Waals surface area contributed by atoms with E-state index in [4.69, 9.17) is 9.72 Å². The molecule has 4 rings (SSSR count). The van der Waals surface area contributed by atoms with Crippen LogP contribution in [0.15, 0.2) is 24.3 Å². The van der Waals surface area contributed by atoms with Crippen molar-refractivity contribution in [2.75, 3.05) is 46.4 Å². The fourth-order valence-electron chi connectivity index (χ4n) is 4.59. The highest BCUT2D eigenvalue weighted by Gasteiger charge is 2.28. The van der Waals surface area contributed by atoms with Crippen molar-refractivity contribution in [3.63, 3.8) is 0 Å². The number of amides is 1. The number of carbonyl (C=O) groups excluding carboxylic acids is 1. The Balaban J connectivity index is 1.47. The van der Waals surface area contributed by atoms with Crippen molar-refractivity contribution in [3.8, 4) is 17.0 Å². The summed E-state index contributed by atoms with van der Waals surface area (Å²) in [5.74, 6) is 2.17. The van der Waals surface area contributed by atoms with Gasteiger partial charge in [0.15, 0.2) is 0 Å². The number of para-hydroxylation sites is 1. The molecule has 1 aromatic heterocycles. The summed E-state index contributed by atoms with van der Waals surface area (Å²) in [7, 11) is 1.70. The highest BCUT2D eigenvalue weighted by atomic mass is 16.5. The minimum Gasteiger partial charge on any atom is -0.496 e. The van der Waals surface area contributed by atoms with Gasteiger partial charge in [0.25, 0.3) is 0 Å². The molecule has 162 valence electrons. The summed E-state index contributed by atoms with van der Waals surface area (Å²) in [5, 5.41) is 0. The van der Waals surface area contributed by atoms with Crippen molar-refractivity contribution in [2.45, 2.75) is 39.9 Å². The van der Waals surface area contributed by atoms with Crippen LogP contribution < -0.4 is 4.74 Å². The molecule has 1 fully saturated rings. The molecule has 1 saturated heterocycles. The Kier molecular flexibility index (Phi) is 6.11. The van der Waals surface area contributed by atoms with Gasteiger partial charge in [-0.25, -0.2) is 4.98 Å². The summed E-state index contributed by atoms with van der Waals surface area (Å²) >= 11 is 0. The lowest BCUT2D eigenvalue weighted by atomic mass is 10.1. The summed E-state index contributed by atoms with van der Waals surface area (Å²) in [5.41, 5.74) is 3.15. The average Bonchev–Trinajstić information content (AvgIpc) is 3.08. The molecule has 2 aromatic rings. The van der Waals surface area contributed by atoms with E-state index in [1.165, 1.54) is 0 Å². The molecule has 30 heavy (non-hydrogen) atoms. The number of hydrogen-bond donors (Lipinski definition) is 0. The van der Waals surface area contributed by atoms with E-state index in [9.17, 15) is 4.79 Å². The number of nitrogens with zero attached hydrogens (tertiary/aromatic N) is 5. The molecule has 0 saturated carbocycles. The van der Waals surface area contributed by atoms with Crippen LogP contribution in [0.4, 0.5) is 0 Å². The standard InChI is InChI=1S/C23H33N5O2/c1-17(2)26-11-13-27(14-12-26)22(29)15-25-10-9-21-24-18(3)23(28(21)16-25)19-7-5-6-8-20(19)30-4/h5-8,17H,9-16H2,1-4H3. The molecule has 1 aromatic carbocycles. The summed E-state index contributed by atoms with van der Waals surface area (Å²) in [6.45, 7) is 12.1. The van der Waals surface area contributed by atoms with Gasteiger partial charge < -0.3 is 14.2 Å². The molecule has 0 N–H and O–H groups in total. The number of fused-ring (bicyclic) bond motifs is 1. The van der Waals surface area contributed by atoms with Crippen molar-refractivity contribution in [3.05, 3.63) is 35.8 Å². The quantitative estimate of drug-likeness (QED) is 0.755. The maximum absolute atomic E-state index is 12.9. The van der Waals surface area contributed by atoms with Crippen LogP contribution in [0.5, 0.6) is 5.75 Å². The van der Waals surface area contributed by atoms with Crippen molar-refractivity contribution in [2.24, 2.45) is 0 Å². The molecule has 0 bridgehead atoms. The minimum atomic E-state index is 0.234. The maximum atomic E-state index is 12.9. The predicted octanol–water partition coefficient (Wildman–Crippen LogP) is 2.24. The van der Waals surface area contributed by atoms with Gasteiger partial charge in [-0.2, -0.15) is 0 Å². The Labute approximate surface area is 179 Å². The number of rotatable bonds is 5.